The number of piperazine rings is 1. The zero-order valence-electron chi connectivity index (χ0n) is 10.4. The van der Waals surface area contributed by atoms with Crippen LogP contribution in [0.15, 0.2) is 24.3 Å². The molecule has 1 saturated heterocycles. The molecular formula is C13H19N3O2. The first kappa shape index (κ1) is 12.9. The minimum atomic E-state index is -0.751. The number of nitrogens with zero attached hydrogens (tertiary/aromatic N) is 2. The van der Waals surface area contributed by atoms with Crippen LogP contribution in [0.2, 0.25) is 0 Å². The molecule has 2 rings (SSSR count). The third kappa shape index (κ3) is 3.72. The summed E-state index contributed by atoms with van der Waals surface area (Å²) >= 11 is 0. The summed E-state index contributed by atoms with van der Waals surface area (Å²) in [6.45, 7) is 4.46. The Balaban J connectivity index is 1.81. The van der Waals surface area contributed by atoms with Crippen molar-refractivity contribution in [1.82, 2.24) is 9.80 Å². The van der Waals surface area contributed by atoms with Gasteiger partial charge in [-0.25, -0.2) is 0 Å². The zero-order valence-corrected chi connectivity index (χ0v) is 10.4. The molecule has 0 unspecified atom stereocenters. The molecule has 0 aliphatic carbocycles. The molecule has 5 nitrogen and oxygen atoms in total. The van der Waals surface area contributed by atoms with Crippen LogP contribution in [0.25, 0.3) is 0 Å². The van der Waals surface area contributed by atoms with Gasteiger partial charge in [-0.1, -0.05) is 12.1 Å². The first-order valence-electron chi connectivity index (χ1n) is 6.14. The maximum absolute atomic E-state index is 10.6. The molecule has 98 valence electrons. The van der Waals surface area contributed by atoms with Crippen LogP contribution in [-0.2, 0) is 11.3 Å². The van der Waals surface area contributed by atoms with Crippen molar-refractivity contribution in [2.24, 2.45) is 0 Å². The molecule has 0 amide bonds. The minimum absolute atomic E-state index is 0.145. The van der Waals surface area contributed by atoms with Gasteiger partial charge in [0.2, 0.25) is 0 Å². The second-order valence-electron chi connectivity index (χ2n) is 4.69. The third-order valence-corrected chi connectivity index (χ3v) is 3.18. The Morgan fingerprint density at radius 2 is 1.89 bits per heavy atom. The number of carboxylic acid groups (broad SMARTS) is 1. The van der Waals surface area contributed by atoms with Gasteiger partial charge in [0, 0.05) is 38.4 Å². The third-order valence-electron chi connectivity index (χ3n) is 3.18. The fraction of sp³-hybridized carbons (Fsp3) is 0.462. The van der Waals surface area contributed by atoms with Crippen molar-refractivity contribution in [2.45, 2.75) is 6.54 Å². The smallest absolute Gasteiger partial charge is 0.317 e. The summed E-state index contributed by atoms with van der Waals surface area (Å²) < 4.78 is 0. The molecule has 1 aliphatic rings. The van der Waals surface area contributed by atoms with Crippen LogP contribution in [0.1, 0.15) is 5.56 Å². The quantitative estimate of drug-likeness (QED) is 0.759. The topological polar surface area (TPSA) is 69.8 Å². The van der Waals surface area contributed by atoms with Crippen LogP contribution in [0.4, 0.5) is 5.69 Å². The Hall–Kier alpha value is -1.59. The van der Waals surface area contributed by atoms with Crippen molar-refractivity contribution < 1.29 is 9.90 Å². The second kappa shape index (κ2) is 5.84. The lowest BCUT2D eigenvalue weighted by atomic mass is 10.2. The van der Waals surface area contributed by atoms with E-state index in [-0.39, 0.29) is 6.54 Å². The van der Waals surface area contributed by atoms with Gasteiger partial charge in [-0.2, -0.15) is 0 Å². The monoisotopic (exact) mass is 249 g/mol. The van der Waals surface area contributed by atoms with E-state index < -0.39 is 5.97 Å². The Labute approximate surface area is 107 Å². The number of hydrogen-bond acceptors (Lipinski definition) is 4. The molecule has 18 heavy (non-hydrogen) atoms. The SMILES string of the molecule is Nc1cccc(CN2CCN(CC(=O)O)CC2)c1. The van der Waals surface area contributed by atoms with E-state index in [1.165, 1.54) is 5.56 Å². The molecule has 1 heterocycles. The maximum Gasteiger partial charge on any atom is 0.317 e. The molecule has 1 aliphatic heterocycles. The van der Waals surface area contributed by atoms with Crippen LogP contribution >= 0.6 is 0 Å². The van der Waals surface area contributed by atoms with Crippen molar-refractivity contribution in [1.29, 1.82) is 0 Å². The van der Waals surface area contributed by atoms with Gasteiger partial charge >= 0.3 is 5.97 Å². The number of nitrogens with two attached hydrogens (primary N) is 1. The molecule has 0 bridgehead atoms. The molecule has 1 aromatic rings. The minimum Gasteiger partial charge on any atom is -0.480 e. The molecule has 3 N–H and O–H groups in total. The normalized spacial score (nSPS) is 17.8. The van der Waals surface area contributed by atoms with Crippen LogP contribution in [-0.4, -0.2) is 53.6 Å². The highest BCUT2D eigenvalue weighted by Crippen LogP contribution is 2.11. The second-order valence-corrected chi connectivity index (χ2v) is 4.69. The Kier molecular flexibility index (Phi) is 4.17. The van der Waals surface area contributed by atoms with Gasteiger partial charge in [-0.15, -0.1) is 0 Å². The molecule has 0 spiro atoms. The summed E-state index contributed by atoms with van der Waals surface area (Å²) in [5, 5.41) is 8.73. The predicted molar refractivity (Wildman–Crippen MR) is 70.2 cm³/mol. The van der Waals surface area contributed by atoms with E-state index in [1.807, 2.05) is 23.1 Å². The molecule has 1 aromatic carbocycles. The summed E-state index contributed by atoms with van der Waals surface area (Å²) in [7, 11) is 0. The van der Waals surface area contributed by atoms with E-state index in [9.17, 15) is 4.79 Å². The van der Waals surface area contributed by atoms with Crippen LogP contribution in [0.5, 0.6) is 0 Å². The fourth-order valence-corrected chi connectivity index (χ4v) is 2.25. The van der Waals surface area contributed by atoms with Crippen LogP contribution in [0, 0.1) is 0 Å². The lowest BCUT2D eigenvalue weighted by Crippen LogP contribution is -2.47. The van der Waals surface area contributed by atoms with E-state index >= 15 is 0 Å². The molecule has 0 atom stereocenters. The number of rotatable bonds is 4. The Morgan fingerprint density at radius 3 is 2.50 bits per heavy atom. The van der Waals surface area contributed by atoms with E-state index in [0.29, 0.717) is 0 Å². The van der Waals surface area contributed by atoms with Crippen molar-refractivity contribution in [3.05, 3.63) is 29.8 Å². The highest BCUT2D eigenvalue weighted by molar-refractivity contribution is 5.69. The van der Waals surface area contributed by atoms with E-state index in [2.05, 4.69) is 11.0 Å². The van der Waals surface area contributed by atoms with Crippen molar-refractivity contribution >= 4 is 11.7 Å². The maximum atomic E-state index is 10.6. The molecule has 0 aromatic heterocycles. The molecule has 0 saturated carbocycles. The average molecular weight is 249 g/mol. The molecule has 0 radical (unpaired) electrons. The summed E-state index contributed by atoms with van der Waals surface area (Å²) in [5.41, 5.74) is 7.75. The number of benzene rings is 1. The number of carboxylic acids is 1. The highest BCUT2D eigenvalue weighted by Gasteiger charge is 2.18. The van der Waals surface area contributed by atoms with Gasteiger partial charge in [0.1, 0.15) is 0 Å². The van der Waals surface area contributed by atoms with Crippen molar-refractivity contribution in [3.8, 4) is 0 Å². The number of aliphatic carboxylic acids is 1. The number of carbonyl (C=O) groups is 1. The lowest BCUT2D eigenvalue weighted by molar-refractivity contribution is -0.138. The van der Waals surface area contributed by atoms with Crippen LogP contribution in [0.3, 0.4) is 0 Å². The number of anilines is 1. The fourth-order valence-electron chi connectivity index (χ4n) is 2.25. The first-order chi connectivity index (χ1) is 8.63. The standard InChI is InChI=1S/C13H19N3O2/c14-12-3-1-2-11(8-12)9-15-4-6-16(7-5-15)10-13(17)18/h1-3,8H,4-7,9-10,14H2,(H,17,18). The van der Waals surface area contributed by atoms with Crippen molar-refractivity contribution in [2.75, 3.05) is 38.5 Å². The van der Waals surface area contributed by atoms with Gasteiger partial charge in [0.25, 0.3) is 0 Å². The number of nitrogen functional groups attached to an aromatic ring is 1. The predicted octanol–water partition coefficient (Wildman–Crippen LogP) is 0.471. The van der Waals surface area contributed by atoms with Gasteiger partial charge in [-0.05, 0) is 17.7 Å². The summed E-state index contributed by atoms with van der Waals surface area (Å²) in [6, 6.07) is 7.91. The van der Waals surface area contributed by atoms with Gasteiger partial charge < -0.3 is 10.8 Å². The zero-order chi connectivity index (χ0) is 13.0. The van der Waals surface area contributed by atoms with Crippen molar-refractivity contribution in [3.63, 3.8) is 0 Å². The van der Waals surface area contributed by atoms with E-state index in [0.717, 1.165) is 38.4 Å². The lowest BCUT2D eigenvalue weighted by Gasteiger charge is -2.33. The highest BCUT2D eigenvalue weighted by atomic mass is 16.4. The van der Waals surface area contributed by atoms with E-state index in [1.54, 1.807) is 0 Å². The van der Waals surface area contributed by atoms with Gasteiger partial charge in [0.15, 0.2) is 0 Å². The summed E-state index contributed by atoms with van der Waals surface area (Å²) in [6.07, 6.45) is 0. The average Bonchev–Trinajstić information content (AvgIpc) is 2.31. The van der Waals surface area contributed by atoms with Gasteiger partial charge in [-0.3, -0.25) is 14.6 Å². The summed E-state index contributed by atoms with van der Waals surface area (Å²) in [4.78, 5) is 14.9. The molecule has 5 heteroatoms. The van der Waals surface area contributed by atoms with E-state index in [4.69, 9.17) is 10.8 Å². The largest absolute Gasteiger partial charge is 0.480 e. The Bertz CT molecular complexity index is 414. The first-order valence-corrected chi connectivity index (χ1v) is 6.14. The number of hydrogen-bond donors (Lipinski definition) is 2. The Morgan fingerprint density at radius 1 is 1.22 bits per heavy atom. The molecular weight excluding hydrogens is 230 g/mol. The summed E-state index contributed by atoms with van der Waals surface area (Å²) in [5.74, 6) is -0.751. The van der Waals surface area contributed by atoms with Crippen LogP contribution < -0.4 is 5.73 Å². The molecule has 1 fully saturated rings. The van der Waals surface area contributed by atoms with Gasteiger partial charge in [0.05, 0.1) is 6.54 Å².